The van der Waals surface area contributed by atoms with Gasteiger partial charge >= 0.3 is 18.0 Å². The Hall–Kier alpha value is -2.67. The number of nitrogens with one attached hydrogen (secondary N) is 3. The number of nitrogens with zero attached hydrogens (tertiary/aromatic N) is 1. The maximum Gasteiger partial charge on any atom is 0.327 e. The minimum absolute atomic E-state index is 0.220. The normalized spacial score (nSPS) is 26.0. The molecule has 0 aromatic heterocycles. The van der Waals surface area contributed by atoms with Crippen molar-refractivity contribution >= 4 is 53.3 Å². The van der Waals surface area contributed by atoms with Gasteiger partial charge in [0.25, 0.3) is 0 Å². The van der Waals surface area contributed by atoms with E-state index in [0.717, 1.165) is 0 Å². The van der Waals surface area contributed by atoms with Crippen LogP contribution in [0.5, 0.6) is 0 Å². The van der Waals surface area contributed by atoms with Crippen LogP contribution >= 0.6 is 23.5 Å². The van der Waals surface area contributed by atoms with Crippen molar-refractivity contribution in [2.45, 2.75) is 67.4 Å². The third-order valence-electron chi connectivity index (χ3n) is 6.13. The smallest absolute Gasteiger partial charge is 0.327 e. The average molecular weight is 527 g/mol. The van der Waals surface area contributed by atoms with Crippen molar-refractivity contribution in [1.82, 2.24) is 20.9 Å². The van der Waals surface area contributed by atoms with E-state index in [4.69, 9.17) is 0 Å². The lowest BCUT2D eigenvalue weighted by Crippen LogP contribution is -2.71. The van der Waals surface area contributed by atoms with Crippen LogP contribution in [0.4, 0.5) is 4.79 Å². The number of carbonyl (C=O) groups is 5. The molecule has 2 saturated heterocycles. The average Bonchev–Trinajstić information content (AvgIpc) is 3.06. The molecule has 0 spiro atoms. The SMILES string of the molecule is CSCCC(NC(=O)NC(C(=O)N[C@@H]1C(=O)N2[C@@H]1SC(C)(C)[C@@H]2C(=O)O)C1=CCC=CC1)C(=O)O. The van der Waals surface area contributed by atoms with E-state index >= 15 is 0 Å². The monoisotopic (exact) mass is 526 g/mol. The van der Waals surface area contributed by atoms with Gasteiger partial charge in [-0.3, -0.25) is 9.59 Å². The molecule has 2 heterocycles. The van der Waals surface area contributed by atoms with Crippen molar-refractivity contribution in [2.24, 2.45) is 0 Å². The standard InChI is InChI=1S/C22H30N4O7S2/c1-22(2)15(20(31)32)26-17(28)14(18(26)35-22)24-16(27)13(11-7-5-4-6-8-11)25-21(33)23-12(19(29)30)9-10-34-3/h4-5,8,12-15,18H,6-7,9-10H2,1-3H3,(H,24,27)(H,29,30)(H,31,32)(H2,23,25,33)/t12?,13?,14-,15+,18-/m1/s1. The van der Waals surface area contributed by atoms with E-state index in [1.807, 2.05) is 18.4 Å². The van der Waals surface area contributed by atoms with Gasteiger partial charge in [-0.05, 0) is 50.7 Å². The van der Waals surface area contributed by atoms with E-state index in [1.165, 1.54) is 28.4 Å². The zero-order valence-electron chi connectivity index (χ0n) is 19.6. The Morgan fingerprint density at radius 1 is 1.23 bits per heavy atom. The molecule has 3 rings (SSSR count). The fraction of sp³-hybridized carbons (Fsp3) is 0.591. The van der Waals surface area contributed by atoms with Crippen molar-refractivity contribution in [3.05, 3.63) is 23.8 Å². The summed E-state index contributed by atoms with van der Waals surface area (Å²) in [6, 6.07) is -4.96. The summed E-state index contributed by atoms with van der Waals surface area (Å²) in [6.45, 7) is 3.48. The summed E-state index contributed by atoms with van der Waals surface area (Å²) < 4.78 is -0.734. The number of carboxylic acid groups (broad SMARTS) is 2. The fourth-order valence-electron chi connectivity index (χ4n) is 4.39. The number of carbonyl (C=O) groups excluding carboxylic acids is 3. The van der Waals surface area contributed by atoms with E-state index < -0.39 is 64.1 Å². The van der Waals surface area contributed by atoms with E-state index in [2.05, 4.69) is 16.0 Å². The molecule has 35 heavy (non-hydrogen) atoms. The molecule has 1 aliphatic carbocycles. The number of amides is 4. The largest absolute Gasteiger partial charge is 0.480 e. The Labute approximate surface area is 211 Å². The molecular formula is C22H30N4O7S2. The molecule has 0 aromatic carbocycles. The molecular weight excluding hydrogens is 496 g/mol. The Bertz CT molecular complexity index is 967. The molecule has 4 amide bonds. The molecule has 0 radical (unpaired) electrons. The Morgan fingerprint density at radius 3 is 2.51 bits per heavy atom. The van der Waals surface area contributed by atoms with Gasteiger partial charge < -0.3 is 31.1 Å². The lowest BCUT2D eigenvalue weighted by Gasteiger charge is -2.44. The maximum atomic E-state index is 13.2. The first-order chi connectivity index (χ1) is 16.5. The predicted molar refractivity (Wildman–Crippen MR) is 132 cm³/mol. The molecule has 11 nitrogen and oxygen atoms in total. The number of hydrogen-bond acceptors (Lipinski definition) is 7. The molecule has 0 bridgehead atoms. The molecule has 5 atom stereocenters. The Morgan fingerprint density at radius 2 is 1.94 bits per heavy atom. The Balaban J connectivity index is 1.71. The van der Waals surface area contributed by atoms with Crippen molar-refractivity contribution in [1.29, 1.82) is 0 Å². The van der Waals surface area contributed by atoms with Gasteiger partial charge in [-0.2, -0.15) is 11.8 Å². The van der Waals surface area contributed by atoms with Crippen LogP contribution in [0.25, 0.3) is 0 Å². The van der Waals surface area contributed by atoms with Gasteiger partial charge in [0.05, 0.1) is 0 Å². The van der Waals surface area contributed by atoms with Crippen LogP contribution in [0.3, 0.4) is 0 Å². The van der Waals surface area contributed by atoms with Crippen LogP contribution in [0.2, 0.25) is 0 Å². The van der Waals surface area contributed by atoms with E-state index in [0.29, 0.717) is 24.2 Å². The van der Waals surface area contributed by atoms with Gasteiger partial charge in [-0.25, -0.2) is 14.4 Å². The summed E-state index contributed by atoms with van der Waals surface area (Å²) in [4.78, 5) is 63.1. The molecule has 0 saturated carbocycles. The highest BCUT2D eigenvalue weighted by molar-refractivity contribution is 8.01. The number of hydrogen-bond donors (Lipinski definition) is 5. The number of urea groups is 1. The van der Waals surface area contributed by atoms with Crippen molar-refractivity contribution < 1.29 is 34.2 Å². The van der Waals surface area contributed by atoms with Crippen LogP contribution in [0, 0.1) is 0 Å². The summed E-state index contributed by atoms with van der Waals surface area (Å²) >= 11 is 2.76. The molecule has 0 aromatic rings. The van der Waals surface area contributed by atoms with Gasteiger partial charge in [-0.1, -0.05) is 18.2 Å². The van der Waals surface area contributed by atoms with E-state index in [-0.39, 0.29) is 6.42 Å². The summed E-state index contributed by atoms with van der Waals surface area (Å²) in [6.07, 6.45) is 8.59. The number of β-lactam (4-membered cyclic amide) rings is 1. The maximum absolute atomic E-state index is 13.2. The first-order valence-electron chi connectivity index (χ1n) is 11.1. The number of carboxylic acids is 2. The first-order valence-corrected chi connectivity index (χ1v) is 13.4. The van der Waals surface area contributed by atoms with Crippen LogP contribution in [0.1, 0.15) is 33.1 Å². The molecule has 5 N–H and O–H groups in total. The topological polar surface area (TPSA) is 165 Å². The molecule has 13 heteroatoms. The van der Waals surface area contributed by atoms with Crippen molar-refractivity contribution in [3.63, 3.8) is 0 Å². The lowest BCUT2D eigenvalue weighted by molar-refractivity contribution is -0.161. The molecule has 2 fully saturated rings. The lowest BCUT2D eigenvalue weighted by atomic mass is 9.94. The number of fused-ring (bicyclic) bond motifs is 1. The summed E-state index contributed by atoms with van der Waals surface area (Å²) in [5.74, 6) is -2.85. The highest BCUT2D eigenvalue weighted by Crippen LogP contribution is 2.50. The number of rotatable bonds is 10. The minimum Gasteiger partial charge on any atom is -0.480 e. The van der Waals surface area contributed by atoms with Gasteiger partial charge in [0.1, 0.15) is 29.5 Å². The van der Waals surface area contributed by atoms with Crippen LogP contribution in [0.15, 0.2) is 23.8 Å². The van der Waals surface area contributed by atoms with E-state index in [1.54, 1.807) is 19.9 Å². The second kappa shape index (κ2) is 10.9. The highest BCUT2D eigenvalue weighted by atomic mass is 32.2. The van der Waals surface area contributed by atoms with Gasteiger partial charge in [0, 0.05) is 4.75 Å². The molecule has 3 aliphatic rings. The zero-order chi connectivity index (χ0) is 25.9. The van der Waals surface area contributed by atoms with Crippen LogP contribution < -0.4 is 16.0 Å². The van der Waals surface area contributed by atoms with Crippen LogP contribution in [-0.4, -0.2) is 91.2 Å². The first kappa shape index (κ1) is 26.9. The van der Waals surface area contributed by atoms with Gasteiger partial charge in [-0.15, -0.1) is 11.8 Å². The van der Waals surface area contributed by atoms with E-state index in [9.17, 15) is 34.2 Å². The molecule has 192 valence electrons. The fourth-order valence-corrected chi connectivity index (χ4v) is 6.48. The van der Waals surface area contributed by atoms with Crippen molar-refractivity contribution in [3.8, 4) is 0 Å². The van der Waals surface area contributed by atoms with Gasteiger partial charge in [0.15, 0.2) is 0 Å². The molecule has 2 aliphatic heterocycles. The quantitative estimate of drug-likeness (QED) is 0.204. The summed E-state index contributed by atoms with van der Waals surface area (Å²) in [5.41, 5.74) is 0.614. The Kier molecular flexibility index (Phi) is 8.42. The number of thioether (sulfide) groups is 2. The summed E-state index contributed by atoms with van der Waals surface area (Å²) in [5, 5.41) is 26.1. The highest BCUT2D eigenvalue weighted by Gasteiger charge is 2.64. The third-order valence-corrected chi connectivity index (χ3v) is 8.35. The van der Waals surface area contributed by atoms with Crippen molar-refractivity contribution in [2.75, 3.05) is 12.0 Å². The third kappa shape index (κ3) is 5.77. The van der Waals surface area contributed by atoms with Gasteiger partial charge in [0.2, 0.25) is 11.8 Å². The minimum atomic E-state index is -1.18. The molecule has 2 unspecified atom stereocenters. The second-order valence-corrected chi connectivity index (χ2v) is 11.8. The predicted octanol–water partition coefficient (Wildman–Crippen LogP) is 0.769. The number of aliphatic carboxylic acids is 2. The van der Waals surface area contributed by atoms with Crippen LogP contribution in [-0.2, 0) is 19.2 Å². The number of allylic oxidation sites excluding steroid dienone is 3. The summed E-state index contributed by atoms with van der Waals surface area (Å²) in [7, 11) is 0. The zero-order valence-corrected chi connectivity index (χ0v) is 21.3. The second-order valence-electron chi connectivity index (χ2n) is 9.00.